The normalized spacial score (nSPS) is 22.2. The molecule has 136 valence electrons. The molecule has 1 aromatic carbocycles. The third-order valence-corrected chi connectivity index (χ3v) is 5.08. The van der Waals surface area contributed by atoms with Gasteiger partial charge in [0.15, 0.2) is 5.96 Å². The first-order chi connectivity index (χ1) is 11.1. The van der Waals surface area contributed by atoms with Crippen LogP contribution in [-0.4, -0.2) is 31.8 Å². The first-order valence-electron chi connectivity index (χ1n) is 8.45. The maximum absolute atomic E-state index is 6.10. The van der Waals surface area contributed by atoms with Crippen LogP contribution in [0.3, 0.4) is 0 Å². The Labute approximate surface area is 162 Å². The molecule has 0 spiro atoms. The van der Waals surface area contributed by atoms with Crippen LogP contribution in [0.15, 0.2) is 29.3 Å². The lowest BCUT2D eigenvalue weighted by Gasteiger charge is -2.53. The lowest BCUT2D eigenvalue weighted by molar-refractivity contribution is -0.126. The summed E-state index contributed by atoms with van der Waals surface area (Å²) in [6, 6.07) is 7.87. The van der Waals surface area contributed by atoms with Gasteiger partial charge >= 0.3 is 0 Å². The first kappa shape index (κ1) is 21.0. The predicted octanol–water partition coefficient (Wildman–Crippen LogP) is 4.02. The molecule has 0 heterocycles. The molecule has 6 heteroatoms. The molecule has 5 nitrogen and oxygen atoms in total. The summed E-state index contributed by atoms with van der Waals surface area (Å²) in [7, 11) is 1.65. The van der Waals surface area contributed by atoms with Gasteiger partial charge in [0.25, 0.3) is 0 Å². The Morgan fingerprint density at radius 3 is 2.38 bits per heavy atom. The summed E-state index contributed by atoms with van der Waals surface area (Å²) in [6.07, 6.45) is 3.35. The summed E-state index contributed by atoms with van der Waals surface area (Å²) in [5.41, 5.74) is 7.13. The molecule has 1 aliphatic carbocycles. The largest absolute Gasteiger partial charge is 0.497 e. The van der Waals surface area contributed by atoms with Crippen molar-refractivity contribution in [3.05, 3.63) is 24.3 Å². The molecule has 2 rings (SSSR count). The van der Waals surface area contributed by atoms with Gasteiger partial charge < -0.3 is 20.5 Å². The van der Waals surface area contributed by atoms with E-state index in [1.165, 1.54) is 0 Å². The summed E-state index contributed by atoms with van der Waals surface area (Å²) in [4.78, 5) is 4.72. The predicted molar refractivity (Wildman–Crippen MR) is 110 cm³/mol. The number of nitrogens with two attached hydrogens (primary N) is 1. The van der Waals surface area contributed by atoms with Crippen LogP contribution in [0.2, 0.25) is 0 Å². The minimum absolute atomic E-state index is 0. The van der Waals surface area contributed by atoms with E-state index in [0.717, 1.165) is 37.3 Å². The number of methoxy groups -OCH3 is 1. The third-order valence-electron chi connectivity index (χ3n) is 5.08. The van der Waals surface area contributed by atoms with Crippen molar-refractivity contribution in [2.75, 3.05) is 19.0 Å². The topological polar surface area (TPSA) is 68.9 Å². The van der Waals surface area contributed by atoms with Crippen molar-refractivity contribution in [2.45, 2.75) is 52.2 Å². The van der Waals surface area contributed by atoms with Gasteiger partial charge in [-0.1, -0.05) is 13.8 Å². The average Bonchev–Trinajstić information content (AvgIpc) is 2.56. The van der Waals surface area contributed by atoms with E-state index in [-0.39, 0.29) is 35.4 Å². The van der Waals surface area contributed by atoms with Crippen molar-refractivity contribution < 1.29 is 9.47 Å². The number of rotatable bonds is 7. The summed E-state index contributed by atoms with van der Waals surface area (Å²) in [5.74, 6) is 1.28. The fourth-order valence-electron chi connectivity index (χ4n) is 3.54. The van der Waals surface area contributed by atoms with Gasteiger partial charge in [-0.15, -0.1) is 24.0 Å². The van der Waals surface area contributed by atoms with Crippen LogP contribution in [-0.2, 0) is 4.74 Å². The van der Waals surface area contributed by atoms with Gasteiger partial charge in [0.1, 0.15) is 5.75 Å². The monoisotopic (exact) mass is 447 g/mol. The molecule has 3 N–H and O–H groups in total. The van der Waals surface area contributed by atoms with Crippen LogP contribution in [0.25, 0.3) is 0 Å². The Hall–Kier alpha value is -1.02. The molecule has 0 radical (unpaired) electrons. The van der Waals surface area contributed by atoms with Crippen molar-refractivity contribution >= 4 is 35.6 Å². The Morgan fingerprint density at radius 1 is 1.25 bits per heavy atom. The number of nitrogens with one attached hydrogen (secondary N) is 1. The number of hydrogen-bond acceptors (Lipinski definition) is 3. The van der Waals surface area contributed by atoms with Crippen LogP contribution in [0.4, 0.5) is 5.69 Å². The quantitative estimate of drug-likeness (QED) is 0.376. The molecule has 2 atom stereocenters. The first-order valence-corrected chi connectivity index (χ1v) is 8.45. The molecular formula is C18H30IN3O2. The number of anilines is 1. The minimum Gasteiger partial charge on any atom is -0.497 e. The van der Waals surface area contributed by atoms with Crippen molar-refractivity contribution in [3.8, 4) is 5.75 Å². The fourth-order valence-corrected chi connectivity index (χ4v) is 3.54. The van der Waals surface area contributed by atoms with Gasteiger partial charge in [0, 0.05) is 17.7 Å². The standard InChI is InChI=1S/C18H29N3O2.HI/c1-5-18(6-2)15(12-16(18)23-7-3)21-17(19)20-13-8-10-14(22-4)11-9-13;/h8-11,15-16H,5-7,12H2,1-4H3,(H3,19,20,21);1H. The van der Waals surface area contributed by atoms with Gasteiger partial charge in [0.2, 0.25) is 0 Å². The Morgan fingerprint density at radius 2 is 1.88 bits per heavy atom. The number of hydrogen-bond donors (Lipinski definition) is 2. The number of aliphatic imine (C=N–C) groups is 1. The molecule has 0 aliphatic heterocycles. The SMILES string of the molecule is CCOC1CC(N=C(N)Nc2ccc(OC)cc2)C1(CC)CC.I. The van der Waals surface area contributed by atoms with Gasteiger partial charge in [-0.3, -0.25) is 0 Å². The number of guanidine groups is 1. The van der Waals surface area contributed by atoms with E-state index >= 15 is 0 Å². The van der Waals surface area contributed by atoms with E-state index in [1.54, 1.807) is 7.11 Å². The molecule has 0 bridgehead atoms. The number of halogens is 1. The molecule has 1 aromatic rings. The lowest BCUT2D eigenvalue weighted by atomic mass is 9.59. The minimum atomic E-state index is 0. The second kappa shape index (κ2) is 9.46. The zero-order chi connectivity index (χ0) is 16.9. The molecule has 0 amide bonds. The van der Waals surface area contributed by atoms with Gasteiger partial charge in [-0.25, -0.2) is 4.99 Å². The van der Waals surface area contributed by atoms with Crippen molar-refractivity contribution in [2.24, 2.45) is 16.1 Å². The van der Waals surface area contributed by atoms with Gasteiger partial charge in [-0.05, 0) is 50.5 Å². The summed E-state index contributed by atoms with van der Waals surface area (Å²) >= 11 is 0. The fraction of sp³-hybridized carbons (Fsp3) is 0.611. The van der Waals surface area contributed by atoms with E-state index in [4.69, 9.17) is 20.2 Å². The van der Waals surface area contributed by atoms with Gasteiger partial charge in [0.05, 0.1) is 19.3 Å². The summed E-state index contributed by atoms with van der Waals surface area (Å²) in [6.45, 7) is 7.23. The molecule has 1 aliphatic rings. The maximum Gasteiger partial charge on any atom is 0.193 e. The molecular weight excluding hydrogens is 417 g/mol. The Bertz CT molecular complexity index is 530. The molecule has 24 heavy (non-hydrogen) atoms. The van der Waals surface area contributed by atoms with Crippen LogP contribution in [0.5, 0.6) is 5.75 Å². The number of ether oxygens (including phenoxy) is 2. The highest BCUT2D eigenvalue weighted by molar-refractivity contribution is 14.0. The van der Waals surface area contributed by atoms with Crippen LogP contribution < -0.4 is 15.8 Å². The highest BCUT2D eigenvalue weighted by Gasteiger charge is 2.53. The van der Waals surface area contributed by atoms with E-state index in [9.17, 15) is 0 Å². The zero-order valence-electron chi connectivity index (χ0n) is 15.0. The Kier molecular flexibility index (Phi) is 8.29. The summed E-state index contributed by atoms with van der Waals surface area (Å²) in [5, 5.41) is 3.16. The van der Waals surface area contributed by atoms with E-state index in [2.05, 4.69) is 19.2 Å². The van der Waals surface area contributed by atoms with Crippen molar-refractivity contribution in [3.63, 3.8) is 0 Å². The smallest absolute Gasteiger partial charge is 0.193 e. The molecule has 0 saturated heterocycles. The second-order valence-electron chi connectivity index (χ2n) is 6.00. The number of benzene rings is 1. The van der Waals surface area contributed by atoms with Crippen LogP contribution >= 0.6 is 24.0 Å². The molecule has 0 aromatic heterocycles. The molecule has 1 fully saturated rings. The van der Waals surface area contributed by atoms with Crippen LogP contribution in [0, 0.1) is 5.41 Å². The van der Waals surface area contributed by atoms with E-state index in [1.807, 2.05) is 31.2 Å². The van der Waals surface area contributed by atoms with E-state index in [0.29, 0.717) is 12.1 Å². The second-order valence-corrected chi connectivity index (χ2v) is 6.00. The lowest BCUT2D eigenvalue weighted by Crippen LogP contribution is -2.57. The molecule has 1 saturated carbocycles. The maximum atomic E-state index is 6.10. The Balaban J connectivity index is 0.00000288. The van der Waals surface area contributed by atoms with Crippen molar-refractivity contribution in [1.82, 2.24) is 0 Å². The molecule has 2 unspecified atom stereocenters. The number of nitrogens with zero attached hydrogens (tertiary/aromatic N) is 1. The summed E-state index contributed by atoms with van der Waals surface area (Å²) < 4.78 is 11.0. The van der Waals surface area contributed by atoms with E-state index < -0.39 is 0 Å². The third kappa shape index (κ3) is 4.33. The zero-order valence-corrected chi connectivity index (χ0v) is 17.4. The van der Waals surface area contributed by atoms with Gasteiger partial charge in [-0.2, -0.15) is 0 Å². The van der Waals surface area contributed by atoms with Crippen LogP contribution in [0.1, 0.15) is 40.0 Å². The van der Waals surface area contributed by atoms with Crippen molar-refractivity contribution in [1.29, 1.82) is 0 Å². The average molecular weight is 447 g/mol. The highest BCUT2D eigenvalue weighted by Crippen LogP contribution is 2.50. The highest BCUT2D eigenvalue weighted by atomic mass is 127.